The number of halogens is 2. The molecule has 0 bridgehead atoms. The summed E-state index contributed by atoms with van der Waals surface area (Å²) in [7, 11) is -4.89. The van der Waals surface area contributed by atoms with E-state index in [1.807, 2.05) is 0 Å². The number of hydrogen-bond donors (Lipinski definition) is 2. The van der Waals surface area contributed by atoms with Crippen molar-refractivity contribution in [3.63, 3.8) is 0 Å². The number of aromatic nitrogens is 1. The highest BCUT2D eigenvalue weighted by molar-refractivity contribution is 7.93. The zero-order valence-electron chi connectivity index (χ0n) is 7.59. The monoisotopic (exact) mass is 252 g/mol. The van der Waals surface area contributed by atoms with Gasteiger partial charge in [-0.15, -0.1) is 0 Å². The fourth-order valence-electron chi connectivity index (χ4n) is 0.860. The van der Waals surface area contributed by atoms with Crippen molar-refractivity contribution in [2.45, 2.75) is 5.76 Å². The number of anilines is 1. The maximum absolute atomic E-state index is 12.0. The van der Waals surface area contributed by atoms with Gasteiger partial charge < -0.3 is 5.11 Å². The summed E-state index contributed by atoms with van der Waals surface area (Å²) in [6.07, 6.45) is 1.94. The number of alkyl halides is 2. The number of nitrogens with zero attached hydrogens (tertiary/aromatic N) is 1. The molecule has 0 aromatic carbocycles. The molecule has 1 aromatic heterocycles. The average Bonchev–Trinajstić information content (AvgIpc) is 2.17. The third kappa shape index (κ3) is 2.63. The van der Waals surface area contributed by atoms with E-state index in [1.54, 1.807) is 0 Å². The van der Waals surface area contributed by atoms with Gasteiger partial charge in [-0.25, -0.2) is 13.2 Å². The molecule has 88 valence electrons. The van der Waals surface area contributed by atoms with Crippen molar-refractivity contribution in [1.82, 2.24) is 4.98 Å². The molecule has 1 aromatic rings. The number of sulfonamides is 1. The van der Waals surface area contributed by atoms with Crippen molar-refractivity contribution in [2.75, 3.05) is 4.72 Å². The van der Waals surface area contributed by atoms with Gasteiger partial charge in [0, 0.05) is 6.20 Å². The van der Waals surface area contributed by atoms with Crippen LogP contribution in [0.3, 0.4) is 0 Å². The van der Waals surface area contributed by atoms with Crippen molar-refractivity contribution in [3.05, 3.63) is 24.0 Å². The molecule has 0 spiro atoms. The molecule has 0 unspecified atom stereocenters. The molecule has 0 amide bonds. The lowest BCUT2D eigenvalue weighted by Crippen LogP contribution is -2.22. The Hall–Kier alpha value is -1.77. The minimum atomic E-state index is -4.89. The standard InChI is InChI=1S/C7H6F2N2O4S/c8-7(9)16(14,15)11-5-3-10-2-1-4(5)6(12)13/h1-3,7,11H,(H,12,13). The van der Waals surface area contributed by atoms with Gasteiger partial charge in [-0.3, -0.25) is 9.71 Å². The van der Waals surface area contributed by atoms with E-state index in [0.29, 0.717) is 0 Å². The van der Waals surface area contributed by atoms with Crippen LogP contribution >= 0.6 is 0 Å². The number of hydrogen-bond acceptors (Lipinski definition) is 4. The second-order valence-electron chi connectivity index (χ2n) is 2.63. The molecule has 6 nitrogen and oxygen atoms in total. The Bertz CT molecular complexity index is 503. The van der Waals surface area contributed by atoms with Crippen LogP contribution in [0.5, 0.6) is 0 Å². The first-order chi connectivity index (χ1) is 7.34. The zero-order valence-corrected chi connectivity index (χ0v) is 8.41. The van der Waals surface area contributed by atoms with E-state index in [0.717, 1.165) is 18.5 Å². The minimum absolute atomic E-state index is 0.459. The second kappa shape index (κ2) is 4.39. The number of rotatable bonds is 4. The van der Waals surface area contributed by atoms with Crippen LogP contribution in [-0.4, -0.2) is 30.2 Å². The highest BCUT2D eigenvalue weighted by Gasteiger charge is 2.25. The Morgan fingerprint density at radius 1 is 1.50 bits per heavy atom. The Labute approximate surface area is 89.0 Å². The summed E-state index contributed by atoms with van der Waals surface area (Å²) in [6, 6.07) is 0.992. The zero-order chi connectivity index (χ0) is 12.3. The van der Waals surface area contributed by atoms with E-state index in [-0.39, 0.29) is 0 Å². The molecular formula is C7H6F2N2O4S. The van der Waals surface area contributed by atoms with Gasteiger partial charge >= 0.3 is 11.7 Å². The molecule has 0 saturated heterocycles. The lowest BCUT2D eigenvalue weighted by Gasteiger charge is -2.08. The van der Waals surface area contributed by atoms with Gasteiger partial charge in [0.2, 0.25) is 0 Å². The first kappa shape index (κ1) is 12.3. The molecule has 1 heterocycles. The fraction of sp³-hybridized carbons (Fsp3) is 0.143. The van der Waals surface area contributed by atoms with Crippen molar-refractivity contribution < 1.29 is 27.1 Å². The maximum Gasteiger partial charge on any atom is 0.355 e. The van der Waals surface area contributed by atoms with Gasteiger partial charge in [0.15, 0.2) is 0 Å². The predicted molar refractivity (Wildman–Crippen MR) is 49.7 cm³/mol. The van der Waals surface area contributed by atoms with Crippen LogP contribution in [0.25, 0.3) is 0 Å². The molecular weight excluding hydrogens is 246 g/mol. The van der Waals surface area contributed by atoms with Crippen LogP contribution in [-0.2, 0) is 10.0 Å². The summed E-state index contributed by atoms with van der Waals surface area (Å²) < 4.78 is 47.1. The number of pyridine rings is 1. The predicted octanol–water partition coefficient (Wildman–Crippen LogP) is 0.744. The molecule has 2 N–H and O–H groups in total. The Balaban J connectivity index is 3.12. The topological polar surface area (TPSA) is 96.4 Å². The van der Waals surface area contributed by atoms with Gasteiger partial charge in [-0.05, 0) is 6.07 Å². The van der Waals surface area contributed by atoms with Crippen LogP contribution in [0.4, 0.5) is 14.5 Å². The molecule has 16 heavy (non-hydrogen) atoms. The van der Waals surface area contributed by atoms with Crippen molar-refractivity contribution >= 4 is 21.7 Å². The highest BCUT2D eigenvalue weighted by Crippen LogP contribution is 2.17. The van der Waals surface area contributed by atoms with Gasteiger partial charge in [0.05, 0.1) is 17.4 Å². The van der Waals surface area contributed by atoms with Gasteiger partial charge in [-0.1, -0.05) is 0 Å². The number of aromatic carboxylic acids is 1. The highest BCUT2D eigenvalue weighted by atomic mass is 32.2. The lowest BCUT2D eigenvalue weighted by molar-refractivity contribution is 0.0698. The van der Waals surface area contributed by atoms with Gasteiger partial charge in [0.1, 0.15) is 0 Å². The summed E-state index contributed by atoms with van der Waals surface area (Å²) in [5.74, 6) is -5.09. The quantitative estimate of drug-likeness (QED) is 0.824. The van der Waals surface area contributed by atoms with Gasteiger partial charge in [-0.2, -0.15) is 8.78 Å². The first-order valence-electron chi connectivity index (χ1n) is 3.81. The van der Waals surface area contributed by atoms with E-state index < -0.39 is 33.0 Å². The summed E-state index contributed by atoms with van der Waals surface area (Å²) in [5, 5.41) is 8.65. The van der Waals surface area contributed by atoms with E-state index in [1.165, 1.54) is 4.72 Å². The molecule has 0 atom stereocenters. The van der Waals surface area contributed by atoms with Gasteiger partial charge in [0.25, 0.3) is 10.0 Å². The van der Waals surface area contributed by atoms with E-state index in [2.05, 4.69) is 4.98 Å². The summed E-state index contributed by atoms with van der Waals surface area (Å²) in [6.45, 7) is 0. The van der Waals surface area contributed by atoms with Crippen LogP contribution in [0.2, 0.25) is 0 Å². The molecule has 0 saturated carbocycles. The van der Waals surface area contributed by atoms with Crippen molar-refractivity contribution in [3.8, 4) is 0 Å². The minimum Gasteiger partial charge on any atom is -0.478 e. The summed E-state index contributed by atoms with van der Waals surface area (Å²) in [5.41, 5.74) is -0.963. The smallest absolute Gasteiger partial charge is 0.355 e. The molecule has 1 rings (SSSR count). The Morgan fingerprint density at radius 3 is 2.62 bits per heavy atom. The number of nitrogens with one attached hydrogen (secondary N) is 1. The third-order valence-electron chi connectivity index (χ3n) is 1.54. The van der Waals surface area contributed by atoms with Crippen LogP contribution in [0.1, 0.15) is 10.4 Å². The summed E-state index contributed by atoms with van der Waals surface area (Å²) in [4.78, 5) is 14.1. The number of carboxylic acid groups (broad SMARTS) is 1. The maximum atomic E-state index is 12.0. The Kier molecular flexibility index (Phi) is 3.38. The molecule has 0 radical (unpaired) electrons. The van der Waals surface area contributed by atoms with E-state index in [9.17, 15) is 22.0 Å². The molecule has 0 aliphatic carbocycles. The molecule has 9 heteroatoms. The Morgan fingerprint density at radius 2 is 2.12 bits per heavy atom. The fourth-order valence-corrected chi connectivity index (χ4v) is 1.42. The molecule has 0 fully saturated rings. The molecule has 0 aliphatic heterocycles. The third-order valence-corrected chi connectivity index (χ3v) is 2.51. The first-order valence-corrected chi connectivity index (χ1v) is 5.36. The average molecular weight is 252 g/mol. The van der Waals surface area contributed by atoms with Crippen LogP contribution < -0.4 is 4.72 Å². The lowest BCUT2D eigenvalue weighted by atomic mass is 10.2. The second-order valence-corrected chi connectivity index (χ2v) is 4.28. The largest absolute Gasteiger partial charge is 0.478 e. The van der Waals surface area contributed by atoms with E-state index in [4.69, 9.17) is 5.11 Å². The summed E-state index contributed by atoms with van der Waals surface area (Å²) >= 11 is 0. The SMILES string of the molecule is O=C(O)c1ccncc1NS(=O)(=O)C(F)F. The number of carboxylic acids is 1. The molecule has 0 aliphatic rings. The normalized spacial score (nSPS) is 11.4. The van der Waals surface area contributed by atoms with Crippen LogP contribution in [0, 0.1) is 0 Å². The van der Waals surface area contributed by atoms with Crippen molar-refractivity contribution in [1.29, 1.82) is 0 Å². The van der Waals surface area contributed by atoms with Crippen LogP contribution in [0.15, 0.2) is 18.5 Å². The van der Waals surface area contributed by atoms with E-state index >= 15 is 0 Å². The number of carbonyl (C=O) groups is 1. The van der Waals surface area contributed by atoms with Crippen molar-refractivity contribution in [2.24, 2.45) is 0 Å².